The van der Waals surface area contributed by atoms with Gasteiger partial charge in [0.1, 0.15) is 5.75 Å². The molecular weight excluding hydrogens is 274 g/mol. The van der Waals surface area contributed by atoms with Gasteiger partial charge in [0.2, 0.25) is 5.88 Å². The fourth-order valence-electron chi connectivity index (χ4n) is 1.83. The predicted molar refractivity (Wildman–Crippen MR) is 80.3 cm³/mol. The fraction of sp³-hybridized carbons (Fsp3) is 0.333. The maximum atomic E-state index is 6.24. The second-order valence-corrected chi connectivity index (χ2v) is 5.35. The fourth-order valence-corrected chi connectivity index (χ4v) is 2.27. The summed E-state index contributed by atoms with van der Waals surface area (Å²) in [7, 11) is 0. The van der Waals surface area contributed by atoms with E-state index in [0.29, 0.717) is 18.3 Å². The van der Waals surface area contributed by atoms with Crippen LogP contribution in [0, 0.1) is 6.92 Å². The number of halogens is 1. The summed E-state index contributed by atoms with van der Waals surface area (Å²) in [6.45, 7) is 6.50. The minimum atomic E-state index is 0.330. The zero-order chi connectivity index (χ0) is 14.7. The van der Waals surface area contributed by atoms with Crippen LogP contribution in [0.1, 0.15) is 36.6 Å². The molecule has 0 aliphatic carbocycles. The average molecular weight is 292 g/mol. The molecule has 0 bridgehead atoms. The molecule has 0 amide bonds. The van der Waals surface area contributed by atoms with Crippen molar-refractivity contribution in [1.29, 1.82) is 0 Å². The summed E-state index contributed by atoms with van der Waals surface area (Å²) in [5, 5.41) is 0.759. The Bertz CT molecular complexity index is 597. The SMILES string of the molecule is Cc1cc(Cl)c(C(C)C)cc1Oc1cnc(CN)cn1. The van der Waals surface area contributed by atoms with Crippen molar-refractivity contribution >= 4 is 11.6 Å². The number of aryl methyl sites for hydroxylation is 1. The number of aromatic nitrogens is 2. The van der Waals surface area contributed by atoms with Gasteiger partial charge in [-0.15, -0.1) is 0 Å². The highest BCUT2D eigenvalue weighted by atomic mass is 35.5. The van der Waals surface area contributed by atoms with Crippen LogP contribution in [-0.2, 0) is 6.54 Å². The molecule has 1 aromatic heterocycles. The van der Waals surface area contributed by atoms with Crippen LogP contribution >= 0.6 is 11.6 Å². The number of ether oxygens (including phenoxy) is 1. The van der Waals surface area contributed by atoms with E-state index in [1.807, 2.05) is 19.1 Å². The van der Waals surface area contributed by atoms with Crippen molar-refractivity contribution in [2.75, 3.05) is 0 Å². The summed E-state index contributed by atoms with van der Waals surface area (Å²) in [4.78, 5) is 8.34. The minimum Gasteiger partial charge on any atom is -0.437 e. The van der Waals surface area contributed by atoms with E-state index in [0.717, 1.165) is 27.6 Å². The molecule has 20 heavy (non-hydrogen) atoms. The summed E-state index contributed by atoms with van der Waals surface area (Å²) in [6, 6.07) is 3.87. The van der Waals surface area contributed by atoms with Gasteiger partial charge in [0.05, 0.1) is 18.1 Å². The number of nitrogens with two attached hydrogens (primary N) is 1. The van der Waals surface area contributed by atoms with Gasteiger partial charge in [-0.1, -0.05) is 25.4 Å². The van der Waals surface area contributed by atoms with Crippen molar-refractivity contribution in [3.05, 3.63) is 46.4 Å². The van der Waals surface area contributed by atoms with Crippen LogP contribution in [0.3, 0.4) is 0 Å². The number of hydrogen-bond acceptors (Lipinski definition) is 4. The number of rotatable bonds is 4. The molecule has 2 rings (SSSR count). The lowest BCUT2D eigenvalue weighted by molar-refractivity contribution is 0.455. The normalized spacial score (nSPS) is 10.9. The van der Waals surface area contributed by atoms with E-state index in [1.54, 1.807) is 12.4 Å². The van der Waals surface area contributed by atoms with E-state index >= 15 is 0 Å². The lowest BCUT2D eigenvalue weighted by atomic mass is 10.0. The van der Waals surface area contributed by atoms with Gasteiger partial charge in [-0.25, -0.2) is 4.98 Å². The van der Waals surface area contributed by atoms with Gasteiger partial charge in [-0.2, -0.15) is 0 Å². The summed E-state index contributed by atoms with van der Waals surface area (Å²) in [6.07, 6.45) is 3.19. The van der Waals surface area contributed by atoms with Crippen LogP contribution in [0.15, 0.2) is 24.5 Å². The third kappa shape index (κ3) is 3.26. The van der Waals surface area contributed by atoms with E-state index < -0.39 is 0 Å². The van der Waals surface area contributed by atoms with Crippen molar-refractivity contribution in [2.45, 2.75) is 33.2 Å². The Kier molecular flexibility index (Phi) is 4.57. The molecule has 1 aromatic carbocycles. The molecule has 1 heterocycles. The zero-order valence-corrected chi connectivity index (χ0v) is 12.6. The topological polar surface area (TPSA) is 61.0 Å². The summed E-state index contributed by atoms with van der Waals surface area (Å²) in [5.74, 6) is 1.52. The zero-order valence-electron chi connectivity index (χ0n) is 11.9. The van der Waals surface area contributed by atoms with Gasteiger partial charge in [-0.3, -0.25) is 4.98 Å². The molecule has 0 radical (unpaired) electrons. The van der Waals surface area contributed by atoms with E-state index in [1.165, 1.54) is 0 Å². The van der Waals surface area contributed by atoms with Crippen LogP contribution in [0.25, 0.3) is 0 Å². The molecule has 2 aromatic rings. The van der Waals surface area contributed by atoms with Gasteiger partial charge >= 0.3 is 0 Å². The van der Waals surface area contributed by atoms with Crippen molar-refractivity contribution in [3.8, 4) is 11.6 Å². The van der Waals surface area contributed by atoms with Gasteiger partial charge < -0.3 is 10.5 Å². The molecule has 4 nitrogen and oxygen atoms in total. The third-order valence-corrected chi connectivity index (χ3v) is 3.35. The molecule has 5 heteroatoms. The van der Waals surface area contributed by atoms with Gasteiger partial charge in [0.15, 0.2) is 0 Å². The molecule has 0 spiro atoms. The summed E-state index contributed by atoms with van der Waals surface area (Å²) >= 11 is 6.24. The molecule has 0 aliphatic heterocycles. The predicted octanol–water partition coefficient (Wildman–Crippen LogP) is 3.81. The van der Waals surface area contributed by atoms with Gasteiger partial charge in [0, 0.05) is 11.6 Å². The Morgan fingerprint density at radius 1 is 1.25 bits per heavy atom. The smallest absolute Gasteiger partial charge is 0.237 e. The maximum Gasteiger partial charge on any atom is 0.237 e. The molecule has 0 saturated carbocycles. The highest BCUT2D eigenvalue weighted by molar-refractivity contribution is 6.31. The Morgan fingerprint density at radius 3 is 2.55 bits per heavy atom. The average Bonchev–Trinajstić information content (AvgIpc) is 2.42. The standard InChI is InChI=1S/C15H18ClN3O/c1-9(2)12-5-14(10(3)4-13(12)16)20-15-8-18-11(6-17)7-19-15/h4-5,7-9H,6,17H2,1-3H3. The van der Waals surface area contributed by atoms with Crippen molar-refractivity contribution in [3.63, 3.8) is 0 Å². The van der Waals surface area contributed by atoms with Gasteiger partial charge in [0.25, 0.3) is 0 Å². The molecule has 106 valence electrons. The molecule has 0 fully saturated rings. The third-order valence-electron chi connectivity index (χ3n) is 3.02. The minimum absolute atomic E-state index is 0.330. The lowest BCUT2D eigenvalue weighted by Gasteiger charge is -2.14. The largest absolute Gasteiger partial charge is 0.437 e. The van der Waals surface area contributed by atoms with Crippen molar-refractivity contribution < 1.29 is 4.74 Å². The van der Waals surface area contributed by atoms with Gasteiger partial charge in [-0.05, 0) is 36.1 Å². The first kappa shape index (κ1) is 14.8. The molecule has 2 N–H and O–H groups in total. The molecule has 0 unspecified atom stereocenters. The first-order valence-electron chi connectivity index (χ1n) is 6.50. The van der Waals surface area contributed by atoms with Crippen LogP contribution in [0.4, 0.5) is 0 Å². The second kappa shape index (κ2) is 6.20. The number of nitrogens with zero attached hydrogens (tertiary/aromatic N) is 2. The molecule has 0 aliphatic rings. The van der Waals surface area contributed by atoms with Crippen LogP contribution in [-0.4, -0.2) is 9.97 Å². The lowest BCUT2D eigenvalue weighted by Crippen LogP contribution is -2.01. The molecule has 0 saturated heterocycles. The van der Waals surface area contributed by atoms with Crippen LogP contribution in [0.5, 0.6) is 11.6 Å². The molecular formula is C15H18ClN3O. The Morgan fingerprint density at radius 2 is 2.00 bits per heavy atom. The van der Waals surface area contributed by atoms with E-state index in [4.69, 9.17) is 22.1 Å². The van der Waals surface area contributed by atoms with Crippen LogP contribution < -0.4 is 10.5 Å². The summed E-state index contributed by atoms with van der Waals surface area (Å²) in [5.41, 5.74) is 8.23. The maximum absolute atomic E-state index is 6.24. The second-order valence-electron chi connectivity index (χ2n) is 4.95. The highest BCUT2D eigenvalue weighted by Gasteiger charge is 2.11. The Hall–Kier alpha value is -1.65. The Balaban J connectivity index is 2.30. The Labute approximate surface area is 124 Å². The highest BCUT2D eigenvalue weighted by Crippen LogP contribution is 2.33. The van der Waals surface area contributed by atoms with Crippen molar-refractivity contribution in [1.82, 2.24) is 9.97 Å². The molecule has 0 atom stereocenters. The van der Waals surface area contributed by atoms with E-state index in [-0.39, 0.29) is 0 Å². The van der Waals surface area contributed by atoms with Crippen LogP contribution in [0.2, 0.25) is 5.02 Å². The number of benzene rings is 1. The van der Waals surface area contributed by atoms with E-state index in [2.05, 4.69) is 23.8 Å². The first-order chi connectivity index (χ1) is 9.51. The quantitative estimate of drug-likeness (QED) is 0.930. The first-order valence-corrected chi connectivity index (χ1v) is 6.88. The summed E-state index contributed by atoms with van der Waals surface area (Å²) < 4.78 is 5.78. The monoisotopic (exact) mass is 291 g/mol. The number of hydrogen-bond donors (Lipinski definition) is 1. The van der Waals surface area contributed by atoms with Crippen molar-refractivity contribution in [2.24, 2.45) is 5.73 Å². The van der Waals surface area contributed by atoms with E-state index in [9.17, 15) is 0 Å².